The van der Waals surface area contributed by atoms with Gasteiger partial charge in [0.2, 0.25) is 0 Å². The number of Topliss-reactive ketones (excluding diaryl/α,β-unsaturated/α-hetero) is 2. The van der Waals surface area contributed by atoms with Gasteiger partial charge in [0.05, 0.1) is 10.6 Å². The van der Waals surface area contributed by atoms with E-state index in [1.807, 2.05) is 6.92 Å². The lowest BCUT2D eigenvalue weighted by Gasteiger charge is -2.03. The van der Waals surface area contributed by atoms with Crippen LogP contribution in [-0.2, 0) is 0 Å². The van der Waals surface area contributed by atoms with Crippen molar-refractivity contribution in [2.24, 2.45) is 0 Å². The number of carbonyl (C=O) groups is 3. The van der Waals surface area contributed by atoms with Gasteiger partial charge in [0.15, 0.2) is 11.6 Å². The highest BCUT2D eigenvalue weighted by molar-refractivity contribution is 6.34. The van der Waals surface area contributed by atoms with E-state index in [1.54, 1.807) is 31.2 Å². The number of halogens is 2. The van der Waals surface area contributed by atoms with E-state index >= 15 is 0 Å². The highest BCUT2D eigenvalue weighted by atomic mass is 35.5. The minimum atomic E-state index is -1.18. The predicted octanol–water partition coefficient (Wildman–Crippen LogP) is 5.09. The van der Waals surface area contributed by atoms with Gasteiger partial charge in [0, 0.05) is 16.1 Å². The van der Waals surface area contributed by atoms with Gasteiger partial charge in [-0.05, 0) is 38.5 Å². The quantitative estimate of drug-likeness (QED) is 0.767. The fourth-order valence-electron chi connectivity index (χ4n) is 2.02. The topological polar surface area (TPSA) is 71.4 Å². The lowest BCUT2D eigenvalue weighted by Crippen LogP contribution is -2.06. The number of hydrogen-bond acceptors (Lipinski definition) is 3. The van der Waals surface area contributed by atoms with Crippen molar-refractivity contribution in [3.8, 4) is 0 Å². The standard InChI is InChI=1S/C9H7ClO3.C9H9ClO/c1-5(11)6-3-2-4-7(10)8(6)9(12)13;1-6-8(7(2)11)4-3-5-9(6)10/h2-4H,1H3,(H,12,13);3-5H,1-2H3. The molecule has 0 saturated heterocycles. The Kier molecular flexibility index (Phi) is 7.14. The van der Waals surface area contributed by atoms with Crippen LogP contribution in [0.2, 0.25) is 10.0 Å². The average molecular weight is 367 g/mol. The molecular weight excluding hydrogens is 351 g/mol. The van der Waals surface area contributed by atoms with Crippen LogP contribution in [0.25, 0.3) is 0 Å². The lowest BCUT2D eigenvalue weighted by atomic mass is 10.0. The van der Waals surface area contributed by atoms with Crippen LogP contribution in [0.5, 0.6) is 0 Å². The van der Waals surface area contributed by atoms with Crippen molar-refractivity contribution < 1.29 is 19.5 Å². The zero-order valence-corrected chi connectivity index (χ0v) is 14.9. The van der Waals surface area contributed by atoms with E-state index in [-0.39, 0.29) is 27.7 Å². The van der Waals surface area contributed by atoms with E-state index < -0.39 is 5.97 Å². The van der Waals surface area contributed by atoms with E-state index in [9.17, 15) is 14.4 Å². The first kappa shape index (κ1) is 19.9. The normalized spacial score (nSPS) is 9.71. The van der Waals surface area contributed by atoms with Crippen molar-refractivity contribution in [2.45, 2.75) is 20.8 Å². The number of carboxylic acids is 1. The third-order valence-electron chi connectivity index (χ3n) is 3.25. The van der Waals surface area contributed by atoms with Crippen LogP contribution < -0.4 is 0 Å². The number of carboxylic acid groups (broad SMARTS) is 1. The summed E-state index contributed by atoms with van der Waals surface area (Å²) in [6, 6.07) is 9.78. The first-order valence-electron chi connectivity index (χ1n) is 6.95. The fourth-order valence-corrected chi connectivity index (χ4v) is 2.45. The molecule has 0 aliphatic heterocycles. The van der Waals surface area contributed by atoms with Crippen molar-refractivity contribution in [3.63, 3.8) is 0 Å². The second kappa shape index (κ2) is 8.62. The molecule has 0 fully saturated rings. The predicted molar refractivity (Wildman–Crippen MR) is 94.6 cm³/mol. The Morgan fingerprint density at radius 1 is 0.833 bits per heavy atom. The van der Waals surface area contributed by atoms with Gasteiger partial charge in [0.25, 0.3) is 0 Å². The average Bonchev–Trinajstić information content (AvgIpc) is 2.49. The molecule has 0 bridgehead atoms. The molecule has 0 aliphatic carbocycles. The number of hydrogen-bond donors (Lipinski definition) is 1. The Hall–Kier alpha value is -2.17. The van der Waals surface area contributed by atoms with Crippen LogP contribution in [0.4, 0.5) is 0 Å². The molecule has 0 heterocycles. The maximum Gasteiger partial charge on any atom is 0.337 e. The van der Waals surface area contributed by atoms with E-state index in [4.69, 9.17) is 28.3 Å². The van der Waals surface area contributed by atoms with E-state index in [2.05, 4.69) is 0 Å². The SMILES string of the molecule is CC(=O)c1cccc(Cl)c1C.CC(=O)c1cccc(Cl)c1C(=O)O. The molecule has 126 valence electrons. The highest BCUT2D eigenvalue weighted by Gasteiger charge is 2.16. The minimum Gasteiger partial charge on any atom is -0.478 e. The molecule has 2 rings (SSSR count). The van der Waals surface area contributed by atoms with Gasteiger partial charge in [-0.1, -0.05) is 47.5 Å². The molecule has 24 heavy (non-hydrogen) atoms. The van der Waals surface area contributed by atoms with E-state index in [0.29, 0.717) is 10.6 Å². The summed E-state index contributed by atoms with van der Waals surface area (Å²) in [6.07, 6.45) is 0. The summed E-state index contributed by atoms with van der Waals surface area (Å²) in [4.78, 5) is 32.7. The van der Waals surface area contributed by atoms with Crippen molar-refractivity contribution in [1.29, 1.82) is 0 Å². The molecule has 0 saturated carbocycles. The molecule has 1 N–H and O–H groups in total. The third kappa shape index (κ3) is 4.91. The van der Waals surface area contributed by atoms with Crippen LogP contribution in [0.1, 0.15) is 50.5 Å². The molecule has 2 aromatic carbocycles. The van der Waals surface area contributed by atoms with Crippen LogP contribution in [0.15, 0.2) is 36.4 Å². The Morgan fingerprint density at radius 2 is 1.29 bits per heavy atom. The molecule has 0 unspecified atom stereocenters. The van der Waals surface area contributed by atoms with Gasteiger partial charge in [-0.15, -0.1) is 0 Å². The van der Waals surface area contributed by atoms with Crippen molar-refractivity contribution in [3.05, 3.63) is 68.7 Å². The van der Waals surface area contributed by atoms with Gasteiger partial charge in [-0.3, -0.25) is 9.59 Å². The molecule has 0 spiro atoms. The summed E-state index contributed by atoms with van der Waals surface area (Å²) >= 11 is 11.4. The Bertz CT molecular complexity index is 798. The summed E-state index contributed by atoms with van der Waals surface area (Å²) < 4.78 is 0. The second-order valence-corrected chi connectivity index (χ2v) is 5.81. The molecule has 2 aromatic rings. The van der Waals surface area contributed by atoms with Gasteiger partial charge in [-0.25, -0.2) is 4.79 Å². The smallest absolute Gasteiger partial charge is 0.337 e. The van der Waals surface area contributed by atoms with Gasteiger partial charge in [0.1, 0.15) is 0 Å². The van der Waals surface area contributed by atoms with Crippen molar-refractivity contribution in [1.82, 2.24) is 0 Å². The molecule has 4 nitrogen and oxygen atoms in total. The molecule has 0 radical (unpaired) electrons. The first-order valence-corrected chi connectivity index (χ1v) is 7.71. The first-order chi connectivity index (χ1) is 11.2. The third-order valence-corrected chi connectivity index (χ3v) is 3.98. The number of benzene rings is 2. The van der Waals surface area contributed by atoms with E-state index in [1.165, 1.54) is 19.1 Å². The van der Waals surface area contributed by atoms with Gasteiger partial charge < -0.3 is 5.11 Å². The molecule has 0 atom stereocenters. The zero-order valence-electron chi connectivity index (χ0n) is 13.4. The highest BCUT2D eigenvalue weighted by Crippen LogP contribution is 2.20. The number of carbonyl (C=O) groups excluding carboxylic acids is 2. The van der Waals surface area contributed by atoms with E-state index in [0.717, 1.165) is 5.56 Å². The summed E-state index contributed by atoms with van der Waals surface area (Å²) in [7, 11) is 0. The Labute approximate surface area is 150 Å². The zero-order chi connectivity index (χ0) is 18.4. The molecular formula is C18H16Cl2O4. The van der Waals surface area contributed by atoms with Gasteiger partial charge >= 0.3 is 5.97 Å². The molecule has 0 aliphatic rings. The van der Waals surface area contributed by atoms with Crippen LogP contribution >= 0.6 is 23.2 Å². The number of rotatable bonds is 3. The van der Waals surface area contributed by atoms with Crippen LogP contribution in [-0.4, -0.2) is 22.6 Å². The summed E-state index contributed by atoms with van der Waals surface area (Å²) in [5, 5.41) is 9.49. The Balaban J connectivity index is 0.000000243. The van der Waals surface area contributed by atoms with Crippen molar-refractivity contribution >= 4 is 40.7 Å². The van der Waals surface area contributed by atoms with Crippen LogP contribution in [0, 0.1) is 6.92 Å². The number of ketones is 2. The maximum absolute atomic E-state index is 11.0. The summed E-state index contributed by atoms with van der Waals surface area (Å²) in [5.41, 5.74) is 1.58. The molecule has 0 aromatic heterocycles. The Morgan fingerprint density at radius 3 is 1.67 bits per heavy atom. The number of aromatic carboxylic acids is 1. The molecule has 0 amide bonds. The van der Waals surface area contributed by atoms with Gasteiger partial charge in [-0.2, -0.15) is 0 Å². The monoisotopic (exact) mass is 366 g/mol. The van der Waals surface area contributed by atoms with Crippen molar-refractivity contribution in [2.75, 3.05) is 0 Å². The molecule has 6 heteroatoms. The fraction of sp³-hybridized carbons (Fsp3) is 0.167. The maximum atomic E-state index is 11.0. The van der Waals surface area contributed by atoms with Crippen LogP contribution in [0.3, 0.4) is 0 Å². The summed E-state index contributed by atoms with van der Waals surface area (Å²) in [6.45, 7) is 4.69. The second-order valence-electron chi connectivity index (χ2n) is 4.99. The minimum absolute atomic E-state index is 0.0602. The largest absolute Gasteiger partial charge is 0.478 e. The lowest BCUT2D eigenvalue weighted by molar-refractivity contribution is 0.0692. The summed E-state index contributed by atoms with van der Waals surface area (Å²) in [5.74, 6) is -1.43.